The second kappa shape index (κ2) is 9.45. The predicted molar refractivity (Wildman–Crippen MR) is 79.5 cm³/mol. The Morgan fingerprint density at radius 3 is 2.83 bits per heavy atom. The summed E-state index contributed by atoms with van der Waals surface area (Å²) in [5.41, 5.74) is 0. The quantitative estimate of drug-likeness (QED) is 0.379. The van der Waals surface area contributed by atoms with Gasteiger partial charge < -0.3 is 4.74 Å². The third-order valence-electron chi connectivity index (χ3n) is 2.53. The van der Waals surface area contributed by atoms with Crippen molar-refractivity contribution in [2.45, 2.75) is 50.8 Å². The number of ether oxygens (including phenoxy) is 1. The van der Waals surface area contributed by atoms with E-state index >= 15 is 0 Å². The van der Waals surface area contributed by atoms with Gasteiger partial charge in [0.15, 0.2) is 0 Å². The van der Waals surface area contributed by atoms with Crippen molar-refractivity contribution in [2.24, 2.45) is 0 Å². The molecule has 2 nitrogen and oxygen atoms in total. The van der Waals surface area contributed by atoms with Crippen molar-refractivity contribution >= 4 is 29.1 Å². The van der Waals surface area contributed by atoms with E-state index in [-0.39, 0.29) is 5.97 Å². The third kappa shape index (κ3) is 5.91. The lowest BCUT2D eigenvalue weighted by atomic mass is 10.3. The average molecular weight is 286 g/mol. The van der Waals surface area contributed by atoms with Crippen LogP contribution < -0.4 is 0 Å². The van der Waals surface area contributed by atoms with Crippen LogP contribution in [0.5, 0.6) is 0 Å². The number of thioether (sulfide) groups is 1. The van der Waals surface area contributed by atoms with Crippen molar-refractivity contribution in [1.82, 2.24) is 0 Å². The standard InChI is InChI=1S/C14H22O2S2/c1-3-5-8-16-14(15)11-13-12(7-10-18-13)17-9-6-4-2/h7,10H,3-6,8-9,11H2,1-2H3. The Labute approximate surface area is 118 Å². The molecule has 0 fully saturated rings. The fourth-order valence-corrected chi connectivity index (χ4v) is 3.64. The van der Waals surface area contributed by atoms with Gasteiger partial charge >= 0.3 is 5.97 Å². The Morgan fingerprint density at radius 2 is 2.11 bits per heavy atom. The van der Waals surface area contributed by atoms with Crippen LogP contribution in [0, 0.1) is 0 Å². The number of carbonyl (C=O) groups is 1. The van der Waals surface area contributed by atoms with Gasteiger partial charge in [0.25, 0.3) is 0 Å². The van der Waals surface area contributed by atoms with Gasteiger partial charge in [-0.05, 0) is 30.0 Å². The molecule has 102 valence electrons. The summed E-state index contributed by atoms with van der Waals surface area (Å²) < 4.78 is 5.19. The molecular formula is C14H22O2S2. The van der Waals surface area contributed by atoms with E-state index in [4.69, 9.17) is 4.74 Å². The maximum Gasteiger partial charge on any atom is 0.311 e. The lowest BCUT2D eigenvalue weighted by Gasteiger charge is -2.05. The van der Waals surface area contributed by atoms with Crippen LogP contribution in [0.2, 0.25) is 0 Å². The normalized spacial score (nSPS) is 10.6. The molecule has 0 aliphatic heterocycles. The first-order valence-electron chi connectivity index (χ1n) is 6.62. The van der Waals surface area contributed by atoms with Crippen LogP contribution in [0.1, 0.15) is 44.4 Å². The van der Waals surface area contributed by atoms with Gasteiger partial charge in [0, 0.05) is 9.77 Å². The van der Waals surface area contributed by atoms with Gasteiger partial charge in [0.05, 0.1) is 13.0 Å². The van der Waals surface area contributed by atoms with E-state index in [1.807, 2.05) is 11.8 Å². The fraction of sp³-hybridized carbons (Fsp3) is 0.643. The number of rotatable bonds is 9. The first-order chi connectivity index (χ1) is 8.77. The van der Waals surface area contributed by atoms with Crippen LogP contribution in [0.3, 0.4) is 0 Å². The van der Waals surface area contributed by atoms with Crippen molar-refractivity contribution in [3.63, 3.8) is 0 Å². The van der Waals surface area contributed by atoms with Gasteiger partial charge in [0.1, 0.15) is 0 Å². The first-order valence-corrected chi connectivity index (χ1v) is 8.49. The maximum atomic E-state index is 11.6. The SMILES string of the molecule is CCCCOC(=O)Cc1sccc1SCCCC. The molecule has 0 aliphatic carbocycles. The molecule has 1 rings (SSSR count). The molecule has 0 aliphatic rings. The summed E-state index contributed by atoms with van der Waals surface area (Å²) in [6.45, 7) is 4.84. The van der Waals surface area contributed by atoms with Crippen molar-refractivity contribution in [3.8, 4) is 0 Å². The Hall–Kier alpha value is -0.480. The molecule has 1 heterocycles. The van der Waals surface area contributed by atoms with Crippen LogP contribution in [-0.4, -0.2) is 18.3 Å². The van der Waals surface area contributed by atoms with Crippen LogP contribution in [0.4, 0.5) is 0 Å². The van der Waals surface area contributed by atoms with E-state index in [2.05, 4.69) is 25.3 Å². The van der Waals surface area contributed by atoms with E-state index in [1.165, 1.54) is 17.7 Å². The molecule has 4 heteroatoms. The molecule has 1 aromatic heterocycles. The van der Waals surface area contributed by atoms with Gasteiger partial charge in [-0.3, -0.25) is 4.79 Å². The maximum absolute atomic E-state index is 11.6. The fourth-order valence-electron chi connectivity index (χ4n) is 1.43. The minimum atomic E-state index is -0.0942. The molecule has 0 saturated heterocycles. The number of hydrogen-bond donors (Lipinski definition) is 0. The predicted octanol–water partition coefficient (Wildman–Crippen LogP) is 4.53. The molecule has 0 N–H and O–H groups in total. The zero-order valence-electron chi connectivity index (χ0n) is 11.2. The van der Waals surface area contributed by atoms with E-state index in [9.17, 15) is 4.79 Å². The Morgan fingerprint density at radius 1 is 1.33 bits per heavy atom. The summed E-state index contributed by atoms with van der Waals surface area (Å²) in [6.07, 6.45) is 4.88. The van der Waals surface area contributed by atoms with Gasteiger partial charge in [-0.2, -0.15) is 0 Å². The van der Waals surface area contributed by atoms with Crippen LogP contribution >= 0.6 is 23.1 Å². The Bertz CT molecular complexity index is 347. The smallest absolute Gasteiger partial charge is 0.311 e. The molecule has 0 saturated carbocycles. The van der Waals surface area contributed by atoms with Crippen LogP contribution in [0.25, 0.3) is 0 Å². The first kappa shape index (κ1) is 15.6. The summed E-state index contributed by atoms with van der Waals surface area (Å²) in [4.78, 5) is 14.0. The molecule has 0 spiro atoms. The lowest BCUT2D eigenvalue weighted by Crippen LogP contribution is -2.08. The van der Waals surface area contributed by atoms with E-state index < -0.39 is 0 Å². The largest absolute Gasteiger partial charge is 0.465 e. The van der Waals surface area contributed by atoms with Crippen molar-refractivity contribution in [2.75, 3.05) is 12.4 Å². The minimum absolute atomic E-state index is 0.0942. The molecule has 0 radical (unpaired) electrons. The number of esters is 1. The van der Waals surface area contributed by atoms with Gasteiger partial charge in [-0.15, -0.1) is 23.1 Å². The zero-order valence-corrected chi connectivity index (χ0v) is 12.9. The molecule has 0 bridgehead atoms. The highest BCUT2D eigenvalue weighted by Crippen LogP contribution is 2.28. The van der Waals surface area contributed by atoms with E-state index in [0.717, 1.165) is 23.5 Å². The van der Waals surface area contributed by atoms with E-state index in [1.54, 1.807) is 11.3 Å². The molecular weight excluding hydrogens is 264 g/mol. The lowest BCUT2D eigenvalue weighted by molar-refractivity contribution is -0.142. The topological polar surface area (TPSA) is 26.3 Å². The highest BCUT2D eigenvalue weighted by molar-refractivity contribution is 7.99. The van der Waals surface area contributed by atoms with Crippen molar-refractivity contribution in [1.29, 1.82) is 0 Å². The summed E-state index contributed by atoms with van der Waals surface area (Å²) in [5.74, 6) is 1.04. The van der Waals surface area contributed by atoms with Gasteiger partial charge in [-0.25, -0.2) is 0 Å². The highest BCUT2D eigenvalue weighted by atomic mass is 32.2. The molecule has 1 aromatic rings. The van der Waals surface area contributed by atoms with Crippen LogP contribution in [0.15, 0.2) is 16.3 Å². The second-order valence-electron chi connectivity index (χ2n) is 4.16. The van der Waals surface area contributed by atoms with Crippen molar-refractivity contribution < 1.29 is 9.53 Å². The average Bonchev–Trinajstić information content (AvgIpc) is 2.77. The van der Waals surface area contributed by atoms with E-state index in [0.29, 0.717) is 13.0 Å². The summed E-state index contributed by atoms with van der Waals surface area (Å²) >= 11 is 3.50. The minimum Gasteiger partial charge on any atom is -0.465 e. The Balaban J connectivity index is 2.36. The Kier molecular flexibility index (Phi) is 8.18. The number of hydrogen-bond acceptors (Lipinski definition) is 4. The molecule has 18 heavy (non-hydrogen) atoms. The summed E-state index contributed by atoms with van der Waals surface area (Å²) in [5, 5.41) is 2.06. The number of carbonyl (C=O) groups excluding carboxylic acids is 1. The van der Waals surface area contributed by atoms with Gasteiger partial charge in [-0.1, -0.05) is 26.7 Å². The second-order valence-corrected chi connectivity index (χ2v) is 6.30. The molecule has 0 atom stereocenters. The molecule has 0 aromatic carbocycles. The summed E-state index contributed by atoms with van der Waals surface area (Å²) in [6, 6.07) is 2.11. The zero-order chi connectivity index (χ0) is 13.2. The summed E-state index contributed by atoms with van der Waals surface area (Å²) in [7, 11) is 0. The monoisotopic (exact) mass is 286 g/mol. The van der Waals surface area contributed by atoms with Crippen LogP contribution in [-0.2, 0) is 16.0 Å². The van der Waals surface area contributed by atoms with Gasteiger partial charge in [0.2, 0.25) is 0 Å². The molecule has 0 amide bonds. The number of unbranched alkanes of at least 4 members (excludes halogenated alkanes) is 2. The highest BCUT2D eigenvalue weighted by Gasteiger charge is 2.10. The molecule has 0 unspecified atom stereocenters. The third-order valence-corrected chi connectivity index (χ3v) is 4.76. The van der Waals surface area contributed by atoms with Crippen molar-refractivity contribution in [3.05, 3.63) is 16.3 Å². The number of thiophene rings is 1.